The number of hydrogen-bond donors (Lipinski definition) is 1. The number of benzene rings is 3. The van der Waals surface area contributed by atoms with E-state index < -0.39 is 28.5 Å². The van der Waals surface area contributed by atoms with Gasteiger partial charge in [-0.25, -0.2) is 8.42 Å². The molecule has 0 bridgehead atoms. The number of methoxy groups -OCH3 is 2. The van der Waals surface area contributed by atoms with Crippen molar-refractivity contribution in [3.05, 3.63) is 82.3 Å². The van der Waals surface area contributed by atoms with Gasteiger partial charge in [0, 0.05) is 34.3 Å². The Kier molecular flexibility index (Phi) is 12.1. The molecule has 0 aliphatic rings. The molecule has 2 amide bonds. The van der Waals surface area contributed by atoms with E-state index in [-0.39, 0.29) is 41.2 Å². The molecule has 3 aromatic carbocycles. The standard InChI is InChI=1S/C31H37Cl2N3O6S/c1-6-21(3)34-31(38)27(7-2)35(19-24-25(32)14-11-15-26(24)33)30(37)20-36(43(39,40)23-12-9-8-10-13-23)22-16-17-28(41-4)29(18-22)42-5/h8-18,21,27H,6-7,19-20H2,1-5H3,(H,34,38). The van der Waals surface area contributed by atoms with E-state index in [4.69, 9.17) is 32.7 Å². The van der Waals surface area contributed by atoms with Crippen molar-refractivity contribution in [1.29, 1.82) is 0 Å². The van der Waals surface area contributed by atoms with Gasteiger partial charge in [-0.1, -0.05) is 61.3 Å². The lowest BCUT2D eigenvalue weighted by Gasteiger charge is -2.34. The molecule has 9 nitrogen and oxygen atoms in total. The van der Waals surface area contributed by atoms with Crippen LogP contribution in [0, 0.1) is 0 Å². The fraction of sp³-hybridized carbons (Fsp3) is 0.355. The van der Waals surface area contributed by atoms with E-state index >= 15 is 0 Å². The molecule has 0 spiro atoms. The Bertz CT molecular complexity index is 1500. The first-order chi connectivity index (χ1) is 20.5. The normalized spacial score (nSPS) is 12.6. The average Bonchev–Trinajstić information content (AvgIpc) is 3.00. The zero-order valence-electron chi connectivity index (χ0n) is 24.8. The van der Waals surface area contributed by atoms with Gasteiger partial charge in [0.15, 0.2) is 11.5 Å². The van der Waals surface area contributed by atoms with Crippen LogP contribution in [-0.4, -0.2) is 58.0 Å². The van der Waals surface area contributed by atoms with Crippen LogP contribution in [0.3, 0.4) is 0 Å². The summed E-state index contributed by atoms with van der Waals surface area (Å²) in [4.78, 5) is 29.0. The van der Waals surface area contributed by atoms with E-state index in [0.29, 0.717) is 27.8 Å². The molecule has 0 fully saturated rings. The van der Waals surface area contributed by atoms with Crippen LogP contribution in [0.15, 0.2) is 71.6 Å². The van der Waals surface area contributed by atoms with Crippen LogP contribution in [0.4, 0.5) is 5.69 Å². The number of amides is 2. The molecule has 0 aliphatic heterocycles. The fourth-order valence-electron chi connectivity index (χ4n) is 4.44. The summed E-state index contributed by atoms with van der Waals surface area (Å²) in [5, 5.41) is 3.57. The maximum Gasteiger partial charge on any atom is 0.264 e. The second kappa shape index (κ2) is 15.3. The summed E-state index contributed by atoms with van der Waals surface area (Å²) in [6.45, 7) is 4.85. The minimum Gasteiger partial charge on any atom is -0.493 e. The molecular weight excluding hydrogens is 613 g/mol. The van der Waals surface area contributed by atoms with Crippen molar-refractivity contribution in [2.75, 3.05) is 25.1 Å². The number of hydrogen-bond acceptors (Lipinski definition) is 6. The van der Waals surface area contributed by atoms with Gasteiger partial charge >= 0.3 is 0 Å². The number of halogens is 2. The molecule has 3 aromatic rings. The zero-order chi connectivity index (χ0) is 31.7. The molecule has 0 saturated carbocycles. The maximum atomic E-state index is 14.3. The van der Waals surface area contributed by atoms with Crippen molar-refractivity contribution in [3.8, 4) is 11.5 Å². The number of ether oxygens (including phenoxy) is 2. The summed E-state index contributed by atoms with van der Waals surface area (Å²) in [5.74, 6) is -0.328. The summed E-state index contributed by atoms with van der Waals surface area (Å²) < 4.78 is 39.8. The predicted octanol–water partition coefficient (Wildman–Crippen LogP) is 5.93. The molecule has 0 saturated heterocycles. The van der Waals surface area contributed by atoms with E-state index in [1.165, 1.54) is 43.4 Å². The van der Waals surface area contributed by atoms with Crippen LogP contribution in [0.25, 0.3) is 0 Å². The zero-order valence-corrected chi connectivity index (χ0v) is 27.2. The Labute approximate surface area is 263 Å². The molecule has 12 heteroatoms. The SMILES string of the molecule is CCC(C)NC(=O)C(CC)N(Cc1c(Cl)cccc1Cl)C(=O)CN(c1ccc(OC)c(OC)c1)S(=O)(=O)c1ccccc1. The number of nitrogens with zero attached hydrogens (tertiary/aromatic N) is 2. The van der Waals surface area contributed by atoms with Crippen molar-refractivity contribution >= 4 is 50.7 Å². The molecular formula is C31H37Cl2N3O6S. The van der Waals surface area contributed by atoms with Crippen LogP contribution in [0.2, 0.25) is 10.0 Å². The Morgan fingerprint density at radius 3 is 2.07 bits per heavy atom. The van der Waals surface area contributed by atoms with Gasteiger partial charge in [0.05, 0.1) is 24.8 Å². The monoisotopic (exact) mass is 649 g/mol. The van der Waals surface area contributed by atoms with Crippen LogP contribution in [0.1, 0.15) is 39.2 Å². The third-order valence-electron chi connectivity index (χ3n) is 7.04. The summed E-state index contributed by atoms with van der Waals surface area (Å²) >= 11 is 12.9. The lowest BCUT2D eigenvalue weighted by molar-refractivity contribution is -0.140. The van der Waals surface area contributed by atoms with Gasteiger partial charge in [-0.05, 0) is 56.2 Å². The molecule has 0 aromatic heterocycles. The van der Waals surface area contributed by atoms with Gasteiger partial charge in [-0.15, -0.1) is 0 Å². The van der Waals surface area contributed by atoms with Crippen LogP contribution < -0.4 is 19.1 Å². The van der Waals surface area contributed by atoms with Gasteiger partial charge in [0.25, 0.3) is 10.0 Å². The molecule has 2 unspecified atom stereocenters. The van der Waals surface area contributed by atoms with Crippen molar-refractivity contribution in [1.82, 2.24) is 10.2 Å². The first-order valence-corrected chi connectivity index (χ1v) is 16.0. The third kappa shape index (κ3) is 8.13. The molecule has 0 heterocycles. The summed E-state index contributed by atoms with van der Waals surface area (Å²) in [6, 6.07) is 16.2. The Balaban J connectivity index is 2.14. The van der Waals surface area contributed by atoms with Crippen molar-refractivity contribution in [2.45, 2.75) is 57.1 Å². The smallest absolute Gasteiger partial charge is 0.264 e. The second-order valence-corrected chi connectivity index (χ2v) is 12.5. The number of rotatable bonds is 14. The molecule has 232 valence electrons. The minimum absolute atomic E-state index is 0.0140. The van der Waals surface area contributed by atoms with Gasteiger partial charge in [-0.3, -0.25) is 13.9 Å². The quantitative estimate of drug-likeness (QED) is 0.232. The first kappa shape index (κ1) is 34.0. The number of nitrogens with one attached hydrogen (secondary N) is 1. The van der Waals surface area contributed by atoms with Gasteiger partial charge in [-0.2, -0.15) is 0 Å². The van der Waals surface area contributed by atoms with E-state index in [9.17, 15) is 18.0 Å². The number of anilines is 1. The highest BCUT2D eigenvalue weighted by Crippen LogP contribution is 2.34. The van der Waals surface area contributed by atoms with Crippen LogP contribution in [-0.2, 0) is 26.2 Å². The lowest BCUT2D eigenvalue weighted by atomic mass is 10.1. The number of carbonyl (C=O) groups is 2. The van der Waals surface area contributed by atoms with E-state index in [0.717, 1.165) is 4.31 Å². The highest BCUT2D eigenvalue weighted by Gasteiger charge is 2.35. The third-order valence-corrected chi connectivity index (χ3v) is 9.54. The highest BCUT2D eigenvalue weighted by atomic mass is 35.5. The molecule has 0 radical (unpaired) electrons. The van der Waals surface area contributed by atoms with Crippen LogP contribution in [0.5, 0.6) is 11.5 Å². The topological polar surface area (TPSA) is 105 Å². The molecule has 2 atom stereocenters. The molecule has 3 rings (SSSR count). The lowest BCUT2D eigenvalue weighted by Crippen LogP contribution is -2.53. The van der Waals surface area contributed by atoms with Gasteiger partial charge < -0.3 is 19.7 Å². The molecule has 43 heavy (non-hydrogen) atoms. The van der Waals surface area contributed by atoms with Crippen molar-refractivity contribution in [2.24, 2.45) is 0 Å². The first-order valence-electron chi connectivity index (χ1n) is 13.8. The van der Waals surface area contributed by atoms with Gasteiger partial charge in [0.1, 0.15) is 12.6 Å². The number of sulfonamides is 1. The summed E-state index contributed by atoms with van der Waals surface area (Å²) in [6.07, 6.45) is 0.951. The Morgan fingerprint density at radius 1 is 0.884 bits per heavy atom. The van der Waals surface area contributed by atoms with Crippen molar-refractivity contribution < 1.29 is 27.5 Å². The van der Waals surface area contributed by atoms with E-state index in [1.54, 1.807) is 49.4 Å². The van der Waals surface area contributed by atoms with Gasteiger partial charge in [0.2, 0.25) is 11.8 Å². The fourth-order valence-corrected chi connectivity index (χ4v) is 6.39. The largest absolute Gasteiger partial charge is 0.493 e. The molecule has 0 aliphatic carbocycles. The Hall–Kier alpha value is -3.47. The molecule has 1 N–H and O–H groups in total. The minimum atomic E-state index is -4.26. The van der Waals surface area contributed by atoms with Crippen molar-refractivity contribution in [3.63, 3.8) is 0 Å². The number of carbonyl (C=O) groups excluding carboxylic acids is 2. The predicted molar refractivity (Wildman–Crippen MR) is 170 cm³/mol. The summed E-state index contributed by atoms with van der Waals surface area (Å²) in [7, 11) is -1.36. The van der Waals surface area contributed by atoms with E-state index in [1.807, 2.05) is 13.8 Å². The Morgan fingerprint density at radius 2 is 1.51 bits per heavy atom. The summed E-state index contributed by atoms with van der Waals surface area (Å²) in [5.41, 5.74) is 0.611. The second-order valence-electron chi connectivity index (χ2n) is 9.83. The van der Waals surface area contributed by atoms with E-state index in [2.05, 4.69) is 5.32 Å². The van der Waals surface area contributed by atoms with Crippen LogP contribution >= 0.6 is 23.2 Å². The highest BCUT2D eigenvalue weighted by molar-refractivity contribution is 7.92. The average molecular weight is 651 g/mol. The maximum absolute atomic E-state index is 14.3.